The van der Waals surface area contributed by atoms with Crippen molar-refractivity contribution in [3.05, 3.63) is 77.9 Å². The predicted molar refractivity (Wildman–Crippen MR) is 161 cm³/mol. The molecule has 0 aromatic heterocycles. The van der Waals surface area contributed by atoms with E-state index in [1.807, 2.05) is 75.4 Å². The van der Waals surface area contributed by atoms with Crippen molar-refractivity contribution >= 4 is 34.4 Å². The second-order valence-corrected chi connectivity index (χ2v) is 11.2. The second-order valence-electron chi connectivity index (χ2n) is 11.2. The van der Waals surface area contributed by atoms with Crippen LogP contribution in [-0.4, -0.2) is 41.0 Å². The number of nitriles is 1. The summed E-state index contributed by atoms with van der Waals surface area (Å²) >= 11 is 0. The minimum atomic E-state index is -1.12. The lowest BCUT2D eigenvalue weighted by Gasteiger charge is -2.34. The molecule has 0 spiro atoms. The molecule has 3 aromatic rings. The third-order valence-corrected chi connectivity index (χ3v) is 6.96. The van der Waals surface area contributed by atoms with E-state index in [2.05, 4.69) is 10.6 Å². The van der Waals surface area contributed by atoms with Gasteiger partial charge in [0.05, 0.1) is 6.07 Å². The van der Waals surface area contributed by atoms with E-state index in [9.17, 15) is 19.6 Å². The third kappa shape index (κ3) is 8.31. The standard InChI is InChI=1S/C33H40N4O4/c1-7-22(3)28(36-32(40)41-33(4,5)6)31(39)37(20-19-34)29(25-15-13-23(8-2)14-16-25)30(38)35-27-18-17-24-11-9-10-12-26(24)21-27/h9-18,21-22,28-29H,7-8,20H2,1-6H3,(H,35,38)(H,36,40). The summed E-state index contributed by atoms with van der Waals surface area (Å²) in [7, 11) is 0. The molecule has 41 heavy (non-hydrogen) atoms. The van der Waals surface area contributed by atoms with Gasteiger partial charge < -0.3 is 20.3 Å². The van der Waals surface area contributed by atoms with E-state index in [1.54, 1.807) is 39.0 Å². The lowest BCUT2D eigenvalue weighted by Crippen LogP contribution is -2.54. The van der Waals surface area contributed by atoms with Gasteiger partial charge in [-0.05, 0) is 67.1 Å². The molecule has 3 aromatic carbocycles. The van der Waals surface area contributed by atoms with Crippen molar-refractivity contribution in [1.29, 1.82) is 5.26 Å². The zero-order valence-electron chi connectivity index (χ0n) is 24.7. The number of ether oxygens (including phenoxy) is 1. The van der Waals surface area contributed by atoms with Crippen LogP contribution in [0.1, 0.15) is 65.1 Å². The van der Waals surface area contributed by atoms with E-state index < -0.39 is 35.6 Å². The summed E-state index contributed by atoms with van der Waals surface area (Å²) in [5, 5.41) is 17.4. The average molecular weight is 557 g/mol. The van der Waals surface area contributed by atoms with Gasteiger partial charge in [-0.3, -0.25) is 9.59 Å². The number of hydrogen-bond acceptors (Lipinski definition) is 5. The lowest BCUT2D eigenvalue weighted by molar-refractivity contribution is -0.141. The molecule has 0 heterocycles. The topological polar surface area (TPSA) is 112 Å². The normalized spacial score (nSPS) is 13.4. The van der Waals surface area contributed by atoms with Crippen molar-refractivity contribution in [3.8, 4) is 6.07 Å². The first kappa shape index (κ1) is 31.2. The highest BCUT2D eigenvalue weighted by Crippen LogP contribution is 2.27. The number of anilines is 1. The number of rotatable bonds is 10. The highest BCUT2D eigenvalue weighted by atomic mass is 16.6. The number of alkyl carbamates (subject to hydrolysis) is 1. The molecule has 0 bridgehead atoms. The molecule has 3 rings (SSSR count). The smallest absolute Gasteiger partial charge is 0.408 e. The summed E-state index contributed by atoms with van der Waals surface area (Å²) in [6.45, 7) is 10.6. The van der Waals surface area contributed by atoms with E-state index >= 15 is 0 Å². The maximum atomic E-state index is 14.1. The van der Waals surface area contributed by atoms with E-state index in [-0.39, 0.29) is 12.5 Å². The number of nitrogens with one attached hydrogen (secondary N) is 2. The molecule has 2 N–H and O–H groups in total. The molecule has 0 fully saturated rings. The Kier molecular flexibility index (Phi) is 10.5. The molecule has 3 atom stereocenters. The van der Waals surface area contributed by atoms with Crippen LogP contribution in [0.2, 0.25) is 0 Å². The molecule has 0 saturated heterocycles. The summed E-state index contributed by atoms with van der Waals surface area (Å²) in [5.74, 6) is -1.29. The van der Waals surface area contributed by atoms with Crippen LogP contribution in [-0.2, 0) is 20.7 Å². The number of carbonyl (C=O) groups is 3. The van der Waals surface area contributed by atoms with Gasteiger partial charge in [0, 0.05) is 5.69 Å². The van der Waals surface area contributed by atoms with Crippen molar-refractivity contribution in [3.63, 3.8) is 0 Å². The molecule has 216 valence electrons. The molecule has 0 radical (unpaired) electrons. The summed E-state index contributed by atoms with van der Waals surface area (Å²) < 4.78 is 5.42. The number of hydrogen-bond donors (Lipinski definition) is 2. The highest BCUT2D eigenvalue weighted by molar-refractivity contribution is 6.00. The van der Waals surface area contributed by atoms with Crippen LogP contribution in [0.5, 0.6) is 0 Å². The summed E-state index contributed by atoms with van der Waals surface area (Å²) in [6.07, 6.45) is 0.647. The Morgan fingerprint density at radius 3 is 2.22 bits per heavy atom. The average Bonchev–Trinajstić information content (AvgIpc) is 2.94. The van der Waals surface area contributed by atoms with Gasteiger partial charge in [-0.25, -0.2) is 4.79 Å². The molecule has 0 aliphatic rings. The lowest BCUT2D eigenvalue weighted by atomic mass is 9.95. The Balaban J connectivity index is 2.03. The zero-order valence-corrected chi connectivity index (χ0v) is 24.7. The monoisotopic (exact) mass is 556 g/mol. The minimum absolute atomic E-state index is 0.289. The predicted octanol–water partition coefficient (Wildman–Crippen LogP) is 6.37. The van der Waals surface area contributed by atoms with Crippen LogP contribution in [0.25, 0.3) is 10.8 Å². The van der Waals surface area contributed by atoms with Crippen molar-refractivity contribution in [2.24, 2.45) is 5.92 Å². The van der Waals surface area contributed by atoms with Crippen LogP contribution in [0, 0.1) is 17.2 Å². The van der Waals surface area contributed by atoms with E-state index in [0.29, 0.717) is 17.7 Å². The summed E-state index contributed by atoms with van der Waals surface area (Å²) in [6, 6.07) is 20.8. The minimum Gasteiger partial charge on any atom is -0.444 e. The SMILES string of the molecule is CCc1ccc(C(C(=O)Nc2ccc3ccccc3c2)N(CC#N)C(=O)C(NC(=O)OC(C)(C)C)C(C)CC)cc1. The fourth-order valence-electron chi connectivity index (χ4n) is 4.56. The van der Waals surface area contributed by atoms with Gasteiger partial charge in [-0.15, -0.1) is 0 Å². The van der Waals surface area contributed by atoms with Gasteiger partial charge >= 0.3 is 6.09 Å². The largest absolute Gasteiger partial charge is 0.444 e. The van der Waals surface area contributed by atoms with Crippen molar-refractivity contribution in [2.45, 2.75) is 72.1 Å². The Morgan fingerprint density at radius 1 is 0.976 bits per heavy atom. The molecule has 0 aliphatic carbocycles. The maximum Gasteiger partial charge on any atom is 0.408 e. The first-order chi connectivity index (χ1) is 19.5. The van der Waals surface area contributed by atoms with Gasteiger partial charge in [0.1, 0.15) is 24.2 Å². The van der Waals surface area contributed by atoms with Crippen molar-refractivity contribution in [1.82, 2.24) is 10.2 Å². The van der Waals surface area contributed by atoms with Gasteiger partial charge in [0.2, 0.25) is 5.91 Å². The second kappa shape index (κ2) is 13.8. The quantitative estimate of drug-likeness (QED) is 0.282. The van der Waals surface area contributed by atoms with Crippen LogP contribution in [0.4, 0.5) is 10.5 Å². The third-order valence-electron chi connectivity index (χ3n) is 6.96. The summed E-state index contributed by atoms with van der Waals surface area (Å²) in [5.41, 5.74) is 1.44. The molecule has 0 aliphatic heterocycles. The van der Waals surface area contributed by atoms with Gasteiger partial charge in [0.15, 0.2) is 0 Å². The van der Waals surface area contributed by atoms with Crippen molar-refractivity contribution < 1.29 is 19.1 Å². The first-order valence-electron chi connectivity index (χ1n) is 14.0. The molecule has 8 nitrogen and oxygen atoms in total. The molecule has 0 saturated carbocycles. The first-order valence-corrected chi connectivity index (χ1v) is 14.0. The van der Waals surface area contributed by atoms with Crippen molar-refractivity contribution in [2.75, 3.05) is 11.9 Å². The van der Waals surface area contributed by atoms with Gasteiger partial charge in [0.25, 0.3) is 5.91 Å². The number of fused-ring (bicyclic) bond motifs is 1. The zero-order chi connectivity index (χ0) is 30.2. The van der Waals surface area contributed by atoms with Crippen LogP contribution in [0.15, 0.2) is 66.7 Å². The highest BCUT2D eigenvalue weighted by Gasteiger charge is 2.38. The van der Waals surface area contributed by atoms with Crippen LogP contribution >= 0.6 is 0 Å². The molecule has 8 heteroatoms. The van der Waals surface area contributed by atoms with E-state index in [1.165, 1.54) is 4.90 Å². The Hall–Kier alpha value is -4.38. The number of benzene rings is 3. The summed E-state index contributed by atoms with van der Waals surface area (Å²) in [4.78, 5) is 42.1. The fourth-order valence-corrected chi connectivity index (χ4v) is 4.56. The van der Waals surface area contributed by atoms with Gasteiger partial charge in [-0.1, -0.05) is 81.8 Å². The Labute approximate surface area is 242 Å². The number of amides is 3. The molecular formula is C33H40N4O4. The Bertz CT molecular complexity index is 1410. The van der Waals surface area contributed by atoms with Crippen LogP contribution < -0.4 is 10.6 Å². The fraction of sp³-hybridized carbons (Fsp3) is 0.394. The number of nitrogens with zero attached hydrogens (tertiary/aromatic N) is 2. The van der Waals surface area contributed by atoms with E-state index in [4.69, 9.17) is 4.74 Å². The number of carbonyl (C=O) groups excluding carboxylic acids is 3. The number of aryl methyl sites for hydroxylation is 1. The molecular weight excluding hydrogens is 516 g/mol. The maximum absolute atomic E-state index is 14.1. The molecule has 3 unspecified atom stereocenters. The van der Waals surface area contributed by atoms with Gasteiger partial charge in [-0.2, -0.15) is 5.26 Å². The molecule has 3 amide bonds. The van der Waals surface area contributed by atoms with Crippen LogP contribution in [0.3, 0.4) is 0 Å². The Morgan fingerprint density at radius 2 is 1.63 bits per heavy atom. The van der Waals surface area contributed by atoms with E-state index in [0.717, 1.165) is 22.8 Å².